The van der Waals surface area contributed by atoms with Crippen LogP contribution in [0.1, 0.15) is 49.6 Å². The Morgan fingerprint density at radius 2 is 2.10 bits per heavy atom. The molecule has 1 unspecified atom stereocenters. The van der Waals surface area contributed by atoms with Crippen LogP contribution in [0.3, 0.4) is 0 Å². The van der Waals surface area contributed by atoms with Crippen molar-refractivity contribution < 1.29 is 4.79 Å². The molecule has 0 saturated carbocycles. The van der Waals surface area contributed by atoms with Crippen molar-refractivity contribution in [2.45, 2.75) is 51.6 Å². The van der Waals surface area contributed by atoms with Crippen LogP contribution in [0.2, 0.25) is 4.34 Å². The van der Waals surface area contributed by atoms with E-state index in [9.17, 15) is 4.79 Å². The summed E-state index contributed by atoms with van der Waals surface area (Å²) < 4.78 is 0.906. The second kappa shape index (κ2) is 6.27. The molecule has 3 rings (SSSR count). The van der Waals surface area contributed by atoms with Crippen LogP contribution < -0.4 is 5.32 Å². The molecule has 2 aliphatic rings. The average molecular weight is 327 g/mol. The summed E-state index contributed by atoms with van der Waals surface area (Å²) in [6, 6.07) is 3.11. The molecule has 5 heteroatoms. The third-order valence-electron chi connectivity index (χ3n) is 4.58. The molecule has 0 aromatic carbocycles. The molecule has 1 amide bonds. The third-order valence-corrected chi connectivity index (χ3v) is 5.92. The number of halogens is 1. The van der Waals surface area contributed by atoms with Crippen LogP contribution in [0.5, 0.6) is 0 Å². The van der Waals surface area contributed by atoms with Crippen LogP contribution in [-0.2, 0) is 11.2 Å². The highest BCUT2D eigenvalue weighted by Crippen LogP contribution is 2.39. The van der Waals surface area contributed by atoms with Gasteiger partial charge in [-0.3, -0.25) is 4.79 Å². The van der Waals surface area contributed by atoms with E-state index < -0.39 is 0 Å². The van der Waals surface area contributed by atoms with E-state index in [1.54, 1.807) is 11.3 Å². The third kappa shape index (κ3) is 3.27. The molecule has 21 heavy (non-hydrogen) atoms. The molecule has 1 atom stereocenters. The van der Waals surface area contributed by atoms with E-state index in [-0.39, 0.29) is 5.92 Å². The molecular formula is C16H23ClN2OS. The minimum Gasteiger partial charge on any atom is -0.342 e. The quantitative estimate of drug-likeness (QED) is 0.920. The first-order valence-corrected chi connectivity index (χ1v) is 9.07. The van der Waals surface area contributed by atoms with Crippen LogP contribution in [0.15, 0.2) is 6.07 Å². The van der Waals surface area contributed by atoms with Gasteiger partial charge in [0.2, 0.25) is 5.91 Å². The first-order valence-electron chi connectivity index (χ1n) is 7.87. The molecule has 0 spiro atoms. The number of likely N-dealkylation sites (tertiary alicyclic amines) is 1. The molecular weight excluding hydrogens is 304 g/mol. The fraction of sp³-hybridized carbons (Fsp3) is 0.688. The fourth-order valence-electron chi connectivity index (χ4n) is 3.42. The summed E-state index contributed by atoms with van der Waals surface area (Å²) >= 11 is 7.84. The molecule has 0 radical (unpaired) electrons. The lowest BCUT2D eigenvalue weighted by Crippen LogP contribution is -2.46. The van der Waals surface area contributed by atoms with Gasteiger partial charge >= 0.3 is 0 Å². The summed E-state index contributed by atoms with van der Waals surface area (Å²) in [5, 5.41) is 3.79. The maximum Gasteiger partial charge on any atom is 0.225 e. The predicted molar refractivity (Wildman–Crippen MR) is 88.0 cm³/mol. The van der Waals surface area contributed by atoms with Crippen LogP contribution in [0.25, 0.3) is 0 Å². The number of hydrogen-bond acceptors (Lipinski definition) is 3. The summed E-state index contributed by atoms with van der Waals surface area (Å²) in [7, 11) is 0. The summed E-state index contributed by atoms with van der Waals surface area (Å²) in [5.74, 6) is 0.404. The molecule has 1 aliphatic carbocycles. The normalized spacial score (nSPS) is 22.9. The lowest BCUT2D eigenvalue weighted by atomic mass is 10.0. The van der Waals surface area contributed by atoms with Gasteiger partial charge in [0.1, 0.15) is 0 Å². The average Bonchev–Trinajstić information content (AvgIpc) is 2.99. The standard InChI is InChI=1S/C16H23ClN2OS/c1-10(2)16(20)19-7-5-11(6-8-19)18-13-3-4-14-12(13)9-15(17)21-14/h9-11,13,18H,3-8H2,1-2H3. The van der Waals surface area contributed by atoms with E-state index in [0.29, 0.717) is 18.0 Å². The van der Waals surface area contributed by atoms with Crippen molar-refractivity contribution in [3.63, 3.8) is 0 Å². The minimum absolute atomic E-state index is 0.111. The highest BCUT2D eigenvalue weighted by atomic mass is 35.5. The van der Waals surface area contributed by atoms with Gasteiger partial charge in [-0.2, -0.15) is 0 Å². The highest BCUT2D eigenvalue weighted by Gasteiger charge is 2.29. The number of nitrogens with one attached hydrogen (secondary N) is 1. The van der Waals surface area contributed by atoms with Gasteiger partial charge < -0.3 is 10.2 Å². The van der Waals surface area contributed by atoms with Gasteiger partial charge in [0.05, 0.1) is 4.34 Å². The van der Waals surface area contributed by atoms with Crippen LogP contribution in [0, 0.1) is 5.92 Å². The van der Waals surface area contributed by atoms with Crippen molar-refractivity contribution in [1.82, 2.24) is 10.2 Å². The van der Waals surface area contributed by atoms with Crippen molar-refractivity contribution in [2.75, 3.05) is 13.1 Å². The van der Waals surface area contributed by atoms with E-state index in [1.165, 1.54) is 16.9 Å². The van der Waals surface area contributed by atoms with Gasteiger partial charge in [-0.25, -0.2) is 0 Å². The van der Waals surface area contributed by atoms with Gasteiger partial charge in [0, 0.05) is 36.0 Å². The Morgan fingerprint density at radius 1 is 1.38 bits per heavy atom. The summed E-state index contributed by atoms with van der Waals surface area (Å²) in [6.45, 7) is 5.73. The number of amides is 1. The Kier molecular flexibility index (Phi) is 4.57. The molecule has 1 fully saturated rings. The predicted octanol–water partition coefficient (Wildman–Crippen LogP) is 3.63. The summed E-state index contributed by atoms with van der Waals surface area (Å²) in [4.78, 5) is 15.5. The fourth-order valence-corrected chi connectivity index (χ4v) is 4.78. The Hall–Kier alpha value is -0.580. The number of piperidine rings is 1. The summed E-state index contributed by atoms with van der Waals surface area (Å²) in [6.07, 6.45) is 4.45. The van der Waals surface area contributed by atoms with Crippen molar-refractivity contribution in [1.29, 1.82) is 0 Å². The number of aryl methyl sites for hydroxylation is 1. The summed E-state index contributed by atoms with van der Waals surface area (Å²) in [5.41, 5.74) is 1.41. The van der Waals surface area contributed by atoms with Gasteiger partial charge in [-0.05, 0) is 37.3 Å². The number of rotatable bonds is 3. The zero-order valence-corrected chi connectivity index (χ0v) is 14.3. The van der Waals surface area contributed by atoms with Gasteiger partial charge in [-0.15, -0.1) is 11.3 Å². The Balaban J connectivity index is 1.53. The van der Waals surface area contributed by atoms with E-state index in [1.807, 2.05) is 18.7 Å². The van der Waals surface area contributed by atoms with Gasteiger partial charge in [0.25, 0.3) is 0 Å². The van der Waals surface area contributed by atoms with Gasteiger partial charge in [0.15, 0.2) is 0 Å². The van der Waals surface area contributed by atoms with E-state index in [2.05, 4.69) is 11.4 Å². The number of thiophene rings is 1. The second-order valence-corrected chi connectivity index (χ2v) is 8.21. The molecule has 0 bridgehead atoms. The Bertz CT molecular complexity index is 520. The van der Waals surface area contributed by atoms with Crippen LogP contribution in [0.4, 0.5) is 0 Å². The van der Waals surface area contributed by atoms with E-state index in [4.69, 9.17) is 11.6 Å². The van der Waals surface area contributed by atoms with Crippen molar-refractivity contribution >= 4 is 28.8 Å². The Morgan fingerprint density at radius 3 is 2.76 bits per heavy atom. The maximum absolute atomic E-state index is 12.0. The molecule has 1 N–H and O–H groups in total. The van der Waals surface area contributed by atoms with Gasteiger partial charge in [-0.1, -0.05) is 25.4 Å². The lowest BCUT2D eigenvalue weighted by Gasteiger charge is -2.35. The minimum atomic E-state index is 0.111. The Labute approximate surface area is 135 Å². The number of nitrogens with zero attached hydrogens (tertiary/aromatic N) is 1. The number of hydrogen-bond donors (Lipinski definition) is 1. The molecule has 1 saturated heterocycles. The monoisotopic (exact) mass is 326 g/mol. The van der Waals surface area contributed by atoms with Crippen molar-refractivity contribution in [3.05, 3.63) is 20.8 Å². The molecule has 1 aromatic rings. The zero-order chi connectivity index (χ0) is 15.0. The molecule has 2 heterocycles. The van der Waals surface area contributed by atoms with Crippen LogP contribution in [-0.4, -0.2) is 29.9 Å². The number of carbonyl (C=O) groups is 1. The molecule has 116 valence electrons. The number of carbonyl (C=O) groups excluding carboxylic acids is 1. The van der Waals surface area contributed by atoms with Crippen LogP contribution >= 0.6 is 22.9 Å². The highest BCUT2D eigenvalue weighted by molar-refractivity contribution is 7.16. The van der Waals surface area contributed by atoms with E-state index >= 15 is 0 Å². The largest absolute Gasteiger partial charge is 0.342 e. The second-order valence-electron chi connectivity index (χ2n) is 6.44. The van der Waals surface area contributed by atoms with Crippen molar-refractivity contribution in [3.8, 4) is 0 Å². The molecule has 1 aliphatic heterocycles. The molecule has 3 nitrogen and oxygen atoms in total. The topological polar surface area (TPSA) is 32.3 Å². The number of fused-ring (bicyclic) bond motifs is 1. The first-order chi connectivity index (χ1) is 10.0. The van der Waals surface area contributed by atoms with Crippen molar-refractivity contribution in [2.24, 2.45) is 5.92 Å². The first kappa shape index (κ1) is 15.3. The lowest BCUT2D eigenvalue weighted by molar-refractivity contribution is -0.135. The van der Waals surface area contributed by atoms with E-state index in [0.717, 1.165) is 36.7 Å². The maximum atomic E-state index is 12.0. The smallest absolute Gasteiger partial charge is 0.225 e. The molecule has 1 aromatic heterocycles. The SMILES string of the molecule is CC(C)C(=O)N1CCC(NC2CCc3sc(Cl)cc32)CC1. The zero-order valence-electron chi connectivity index (χ0n) is 12.7.